The summed E-state index contributed by atoms with van der Waals surface area (Å²) in [7, 11) is 0. The largest absolute Gasteiger partial charge is 0.481 e. The van der Waals surface area contributed by atoms with Gasteiger partial charge in [-0.2, -0.15) is 18.3 Å². The van der Waals surface area contributed by atoms with Crippen LogP contribution in [0.25, 0.3) is 5.69 Å². The van der Waals surface area contributed by atoms with Crippen molar-refractivity contribution < 1.29 is 27.9 Å². The van der Waals surface area contributed by atoms with Crippen LogP contribution in [-0.2, 0) is 11.0 Å². The summed E-state index contributed by atoms with van der Waals surface area (Å²) in [5, 5.41) is 15.0. The topological polar surface area (TPSA) is 84.2 Å². The van der Waals surface area contributed by atoms with Gasteiger partial charge >= 0.3 is 12.1 Å². The number of carbonyl (C=O) groups is 2. The molecule has 26 heavy (non-hydrogen) atoms. The van der Waals surface area contributed by atoms with E-state index in [2.05, 4.69) is 10.4 Å². The SMILES string of the molecule is Cc1ccc(-n2ncc(C(=O)NCC(C)(C)C(=O)O)c2C(F)(F)F)cc1. The molecule has 0 saturated carbocycles. The van der Waals surface area contributed by atoms with Gasteiger partial charge in [0.25, 0.3) is 5.91 Å². The number of alkyl halides is 3. The molecule has 1 amide bonds. The summed E-state index contributed by atoms with van der Waals surface area (Å²) in [5.74, 6) is -2.21. The van der Waals surface area contributed by atoms with Crippen molar-refractivity contribution in [2.45, 2.75) is 26.9 Å². The summed E-state index contributed by atoms with van der Waals surface area (Å²) in [6.07, 6.45) is -4.00. The first-order valence-corrected chi connectivity index (χ1v) is 7.67. The molecule has 6 nitrogen and oxygen atoms in total. The van der Waals surface area contributed by atoms with Crippen LogP contribution in [0.15, 0.2) is 30.5 Å². The third-order valence-corrected chi connectivity index (χ3v) is 3.83. The molecule has 2 rings (SSSR count). The first kappa shape index (κ1) is 19.5. The second kappa shape index (κ2) is 6.81. The molecule has 0 bridgehead atoms. The lowest BCUT2D eigenvalue weighted by molar-refractivity contribution is -0.146. The number of aromatic nitrogens is 2. The number of amides is 1. The van der Waals surface area contributed by atoms with E-state index in [4.69, 9.17) is 5.11 Å². The van der Waals surface area contributed by atoms with E-state index in [-0.39, 0.29) is 12.2 Å². The van der Waals surface area contributed by atoms with Crippen molar-refractivity contribution in [3.8, 4) is 5.69 Å². The van der Waals surface area contributed by atoms with E-state index >= 15 is 0 Å². The monoisotopic (exact) mass is 369 g/mol. The number of aryl methyl sites for hydroxylation is 1. The van der Waals surface area contributed by atoms with Gasteiger partial charge in [0.15, 0.2) is 5.69 Å². The van der Waals surface area contributed by atoms with Crippen LogP contribution in [0.4, 0.5) is 13.2 Å². The van der Waals surface area contributed by atoms with Crippen LogP contribution in [0.5, 0.6) is 0 Å². The molecule has 0 atom stereocenters. The second-order valence-corrected chi connectivity index (χ2v) is 6.52. The molecule has 140 valence electrons. The van der Waals surface area contributed by atoms with E-state index in [0.29, 0.717) is 4.68 Å². The van der Waals surface area contributed by atoms with Gasteiger partial charge in [-0.25, -0.2) is 4.68 Å². The fraction of sp³-hybridized carbons (Fsp3) is 0.353. The molecule has 1 heterocycles. The highest BCUT2D eigenvalue weighted by molar-refractivity contribution is 5.95. The summed E-state index contributed by atoms with van der Waals surface area (Å²) in [4.78, 5) is 23.3. The van der Waals surface area contributed by atoms with Crippen LogP contribution >= 0.6 is 0 Å². The van der Waals surface area contributed by atoms with Gasteiger partial charge < -0.3 is 10.4 Å². The molecular weight excluding hydrogens is 351 g/mol. The maximum atomic E-state index is 13.5. The van der Waals surface area contributed by atoms with Crippen molar-refractivity contribution in [3.05, 3.63) is 47.3 Å². The van der Waals surface area contributed by atoms with Crippen LogP contribution in [-0.4, -0.2) is 33.3 Å². The molecule has 2 N–H and O–H groups in total. The highest BCUT2D eigenvalue weighted by atomic mass is 19.4. The van der Waals surface area contributed by atoms with Crippen LogP contribution < -0.4 is 5.32 Å². The summed E-state index contributed by atoms with van der Waals surface area (Å²) in [5.41, 5.74) is -2.18. The minimum absolute atomic E-state index is 0.160. The zero-order chi connectivity index (χ0) is 19.7. The van der Waals surface area contributed by atoms with Gasteiger partial charge in [-0.1, -0.05) is 17.7 Å². The molecule has 0 unspecified atom stereocenters. The van der Waals surface area contributed by atoms with E-state index < -0.39 is 34.7 Å². The average Bonchev–Trinajstić information content (AvgIpc) is 2.98. The van der Waals surface area contributed by atoms with Crippen LogP contribution in [0, 0.1) is 12.3 Å². The number of halogens is 3. The summed E-state index contributed by atoms with van der Waals surface area (Å²) in [6, 6.07) is 6.19. The number of hydrogen-bond donors (Lipinski definition) is 2. The van der Waals surface area contributed by atoms with Crippen molar-refractivity contribution in [2.24, 2.45) is 5.41 Å². The smallest absolute Gasteiger partial charge is 0.434 e. The highest BCUT2D eigenvalue weighted by Gasteiger charge is 2.41. The Morgan fingerprint density at radius 1 is 1.19 bits per heavy atom. The fourth-order valence-corrected chi connectivity index (χ4v) is 2.14. The zero-order valence-electron chi connectivity index (χ0n) is 14.4. The third kappa shape index (κ3) is 4.04. The normalized spacial score (nSPS) is 12.1. The Balaban J connectivity index is 2.39. The highest BCUT2D eigenvalue weighted by Crippen LogP contribution is 2.33. The molecule has 0 spiro atoms. The first-order chi connectivity index (χ1) is 11.9. The van der Waals surface area contributed by atoms with Crippen LogP contribution in [0.2, 0.25) is 0 Å². The lowest BCUT2D eigenvalue weighted by Gasteiger charge is -2.19. The van der Waals surface area contributed by atoms with Gasteiger partial charge in [0, 0.05) is 6.54 Å². The predicted octanol–water partition coefficient (Wildman–Crippen LogP) is 3.04. The van der Waals surface area contributed by atoms with Crippen molar-refractivity contribution in [3.63, 3.8) is 0 Å². The molecule has 0 fully saturated rings. The van der Waals surface area contributed by atoms with Gasteiger partial charge in [-0.3, -0.25) is 9.59 Å². The van der Waals surface area contributed by atoms with Gasteiger partial charge in [-0.05, 0) is 32.9 Å². The van der Waals surface area contributed by atoms with E-state index in [9.17, 15) is 22.8 Å². The number of nitrogens with zero attached hydrogens (tertiary/aromatic N) is 2. The summed E-state index contributed by atoms with van der Waals surface area (Å²) < 4.78 is 41.3. The number of nitrogens with one attached hydrogen (secondary N) is 1. The summed E-state index contributed by atoms with van der Waals surface area (Å²) >= 11 is 0. The van der Waals surface area contributed by atoms with E-state index in [1.165, 1.54) is 26.0 Å². The van der Waals surface area contributed by atoms with Crippen LogP contribution in [0.3, 0.4) is 0 Å². The number of rotatable bonds is 5. The molecule has 1 aromatic carbocycles. The minimum atomic E-state index is -4.82. The third-order valence-electron chi connectivity index (χ3n) is 3.83. The average molecular weight is 369 g/mol. The minimum Gasteiger partial charge on any atom is -0.481 e. The zero-order valence-corrected chi connectivity index (χ0v) is 14.4. The molecule has 2 aromatic rings. The Morgan fingerprint density at radius 3 is 2.27 bits per heavy atom. The number of hydrogen-bond acceptors (Lipinski definition) is 3. The quantitative estimate of drug-likeness (QED) is 0.849. The number of carbonyl (C=O) groups excluding carboxylic acids is 1. The molecule has 0 saturated heterocycles. The fourth-order valence-electron chi connectivity index (χ4n) is 2.14. The number of carboxylic acids is 1. The number of benzene rings is 1. The Labute approximate surface area is 147 Å². The Bertz CT molecular complexity index is 824. The lowest BCUT2D eigenvalue weighted by atomic mass is 9.94. The van der Waals surface area contributed by atoms with E-state index in [1.807, 2.05) is 0 Å². The molecule has 0 aliphatic rings. The second-order valence-electron chi connectivity index (χ2n) is 6.52. The molecule has 9 heteroatoms. The molecule has 0 aliphatic carbocycles. The molecule has 1 aromatic heterocycles. The van der Waals surface area contributed by atoms with Crippen molar-refractivity contribution in [1.29, 1.82) is 0 Å². The Morgan fingerprint density at radius 2 is 1.77 bits per heavy atom. The van der Waals surface area contributed by atoms with E-state index in [1.54, 1.807) is 19.1 Å². The van der Waals surface area contributed by atoms with Gasteiger partial charge in [0.2, 0.25) is 0 Å². The van der Waals surface area contributed by atoms with Crippen molar-refractivity contribution in [2.75, 3.05) is 6.54 Å². The standard InChI is InChI=1S/C17H18F3N3O3/c1-10-4-6-11(7-5-10)23-13(17(18,19)20)12(8-22-23)14(24)21-9-16(2,3)15(25)26/h4-8H,9H2,1-3H3,(H,21,24)(H,25,26). The van der Waals surface area contributed by atoms with Gasteiger partial charge in [0.1, 0.15) is 0 Å². The van der Waals surface area contributed by atoms with Crippen LogP contribution in [0.1, 0.15) is 35.5 Å². The maximum Gasteiger partial charge on any atom is 0.434 e. The number of aliphatic carboxylic acids is 1. The summed E-state index contributed by atoms with van der Waals surface area (Å²) in [6.45, 7) is 4.18. The predicted molar refractivity (Wildman–Crippen MR) is 87.1 cm³/mol. The molecule has 0 aliphatic heterocycles. The Kier molecular flexibility index (Phi) is 5.11. The maximum absolute atomic E-state index is 13.5. The van der Waals surface area contributed by atoms with E-state index in [0.717, 1.165) is 11.8 Å². The molecular formula is C17H18F3N3O3. The Hall–Kier alpha value is -2.84. The molecule has 0 radical (unpaired) electrons. The lowest BCUT2D eigenvalue weighted by Crippen LogP contribution is -2.39. The van der Waals surface area contributed by atoms with Gasteiger partial charge in [0.05, 0.1) is 22.9 Å². The van der Waals surface area contributed by atoms with Gasteiger partial charge in [-0.15, -0.1) is 0 Å². The first-order valence-electron chi connectivity index (χ1n) is 7.67. The van der Waals surface area contributed by atoms with Crippen molar-refractivity contribution in [1.82, 2.24) is 15.1 Å². The number of carboxylic acid groups (broad SMARTS) is 1. The van der Waals surface area contributed by atoms with Crippen molar-refractivity contribution >= 4 is 11.9 Å².